The molecule has 2 unspecified atom stereocenters. The maximum atomic E-state index is 13.2. The smallest absolute Gasteiger partial charge is 0.336 e. The molecule has 1 aliphatic carbocycles. The number of fused-ring (bicyclic) bond motifs is 2. The van der Waals surface area contributed by atoms with Crippen LogP contribution in [-0.2, 0) is 37.4 Å². The SMILES string of the molecule is Cc1cn([C@H]2C[C@@H](O)[C@@H](COP(=O)([O-])OCCSC3CC(=O)N(NCCOCCOCCNC(=O)c4ccc(C(=O)O)c(-c5c6ccc(=O)cc-6oc6cc(O)ccc56)c4)C3=O)O2)c(=O)[nH]c1=O. The number of carbonyl (C=O) groups excluding carboxylic acids is 3. The Labute approximate surface area is 388 Å². The van der Waals surface area contributed by atoms with Crippen molar-refractivity contribution >= 4 is 54.2 Å². The Kier molecular flexibility index (Phi) is 16.1. The number of aromatic nitrogens is 2. The zero-order valence-electron chi connectivity index (χ0n) is 36.1. The molecule has 2 fully saturated rings. The van der Waals surface area contributed by atoms with Crippen LogP contribution < -0.4 is 32.3 Å². The zero-order chi connectivity index (χ0) is 48.7. The summed E-state index contributed by atoms with van der Waals surface area (Å²) in [5, 5.41) is 33.8. The number of hydrazine groups is 1. The molecule has 2 aromatic carbocycles. The monoisotopic (exact) mass is 982 g/mol. The Morgan fingerprint density at radius 1 is 0.956 bits per heavy atom. The molecule has 0 spiro atoms. The van der Waals surface area contributed by atoms with E-state index < -0.39 is 73.1 Å². The lowest BCUT2D eigenvalue weighted by Gasteiger charge is -2.25. The average Bonchev–Trinajstić information content (AvgIpc) is 3.80. The van der Waals surface area contributed by atoms with Gasteiger partial charge in [-0.2, -0.15) is 0 Å². The van der Waals surface area contributed by atoms with Crippen LogP contribution in [0.3, 0.4) is 0 Å². The minimum absolute atomic E-state index is 0.0134. The second-order valence-corrected chi connectivity index (χ2v) is 18.1. The Bertz CT molecular complexity index is 2900. The number of ether oxygens (including phenoxy) is 3. The van der Waals surface area contributed by atoms with Gasteiger partial charge in [-0.15, -0.1) is 11.8 Å². The first-order valence-corrected chi connectivity index (χ1v) is 23.5. The van der Waals surface area contributed by atoms with Crippen molar-refractivity contribution in [3.05, 3.63) is 109 Å². The highest BCUT2D eigenvalue weighted by Gasteiger charge is 2.39. The number of aromatic amines is 1. The van der Waals surface area contributed by atoms with Crippen molar-refractivity contribution in [2.75, 3.05) is 58.5 Å². The van der Waals surface area contributed by atoms with Crippen molar-refractivity contribution in [1.29, 1.82) is 0 Å². The van der Waals surface area contributed by atoms with Crippen LogP contribution in [0.1, 0.15) is 45.3 Å². The number of benzene rings is 3. The Hall–Kier alpha value is -6.05. The minimum Gasteiger partial charge on any atom is -0.756 e. The summed E-state index contributed by atoms with van der Waals surface area (Å²) in [7, 11) is -4.88. The number of amides is 3. The summed E-state index contributed by atoms with van der Waals surface area (Å²) in [5.41, 5.74) is 2.54. The van der Waals surface area contributed by atoms with Crippen molar-refractivity contribution in [2.24, 2.45) is 0 Å². The predicted octanol–water partition coefficient (Wildman–Crippen LogP) is 1.11. The summed E-state index contributed by atoms with van der Waals surface area (Å²) < 4.78 is 45.7. The third-order valence-electron chi connectivity index (χ3n) is 10.7. The lowest BCUT2D eigenvalue weighted by Crippen LogP contribution is -2.44. The predicted molar refractivity (Wildman–Crippen MR) is 238 cm³/mol. The van der Waals surface area contributed by atoms with E-state index in [2.05, 4.69) is 15.7 Å². The topological polar surface area (TPSA) is 328 Å². The number of phenolic OH excluding ortho intramolecular Hbond substituents is 1. The van der Waals surface area contributed by atoms with Gasteiger partial charge in [0.05, 0.1) is 56.6 Å². The van der Waals surface area contributed by atoms with E-state index in [1.165, 1.54) is 61.7 Å². The van der Waals surface area contributed by atoms with Crippen molar-refractivity contribution in [3.63, 3.8) is 0 Å². The first-order chi connectivity index (χ1) is 32.5. The number of phosphoric acid groups is 1. The number of H-pyrrole nitrogens is 1. The number of rotatable bonds is 22. The molecule has 3 aromatic rings. The molecule has 3 aliphatic heterocycles. The first-order valence-electron chi connectivity index (χ1n) is 21.0. The van der Waals surface area contributed by atoms with Crippen LogP contribution >= 0.6 is 19.6 Å². The van der Waals surface area contributed by atoms with Gasteiger partial charge >= 0.3 is 11.7 Å². The number of thioether (sulfide) groups is 1. The number of nitrogens with one attached hydrogen (secondary N) is 3. The fourth-order valence-electron chi connectivity index (χ4n) is 7.40. The van der Waals surface area contributed by atoms with Crippen LogP contribution in [0, 0.1) is 6.92 Å². The number of nitrogens with zero attached hydrogens (tertiary/aromatic N) is 2. The zero-order valence-corrected chi connectivity index (χ0v) is 37.8. The molecule has 4 heterocycles. The van der Waals surface area contributed by atoms with E-state index in [-0.39, 0.29) is 109 Å². The van der Waals surface area contributed by atoms with Gasteiger partial charge in [0.25, 0.3) is 25.2 Å². The first kappa shape index (κ1) is 49.8. The number of aromatic carboxylic acids is 1. The summed E-state index contributed by atoms with van der Waals surface area (Å²) in [4.78, 5) is 101. The number of imide groups is 1. The van der Waals surface area contributed by atoms with Crippen molar-refractivity contribution in [2.45, 2.75) is 43.5 Å². The van der Waals surface area contributed by atoms with Crippen molar-refractivity contribution in [1.82, 2.24) is 25.3 Å². The van der Waals surface area contributed by atoms with Crippen LogP contribution in [0.25, 0.3) is 33.4 Å². The number of carbonyl (C=O) groups is 4. The fourth-order valence-corrected chi connectivity index (χ4v) is 9.21. The van der Waals surface area contributed by atoms with Gasteiger partial charge in [0, 0.05) is 77.7 Å². The molecule has 4 aliphatic rings. The second kappa shape index (κ2) is 21.9. The van der Waals surface area contributed by atoms with E-state index in [1.807, 2.05) is 0 Å². The summed E-state index contributed by atoms with van der Waals surface area (Å²) >= 11 is 1.02. The molecule has 362 valence electrons. The number of aliphatic hydroxyl groups excluding tert-OH is 1. The molecule has 25 heteroatoms. The highest BCUT2D eigenvalue weighted by atomic mass is 32.2. The van der Waals surface area contributed by atoms with E-state index >= 15 is 0 Å². The summed E-state index contributed by atoms with van der Waals surface area (Å²) in [6.45, 7) is 1.19. The van der Waals surface area contributed by atoms with Gasteiger partial charge in [-0.25, -0.2) is 20.0 Å². The third kappa shape index (κ3) is 12.0. The van der Waals surface area contributed by atoms with Gasteiger partial charge in [-0.3, -0.25) is 38.1 Å². The molecule has 0 saturated carbocycles. The molecule has 0 bridgehead atoms. The van der Waals surface area contributed by atoms with Crippen LogP contribution in [0.2, 0.25) is 0 Å². The molecule has 1 aromatic heterocycles. The van der Waals surface area contributed by atoms with E-state index in [4.69, 9.17) is 27.7 Å². The molecule has 68 heavy (non-hydrogen) atoms. The number of hydrogen-bond acceptors (Lipinski definition) is 19. The normalized spacial score (nSPS) is 19.2. The number of hydrogen-bond donors (Lipinski definition) is 6. The molecule has 3 amide bonds. The standard InChI is InChI=1S/C43H46N5O18PS/c1-23-21-47(43(58)46-39(23)53)37-19-31(51)34(66-37)22-64-67(59,60)63-14-15-68-35-20-36(52)48(41(35)55)45-9-11-62-13-12-61-10-8-44-40(54)24-2-5-27(42(56)57)30(16-24)38-28-6-3-25(49)17-32(28)65-33-18-26(50)4-7-29(33)38/h2-7,16-18,21,31,34-35,37,45,49,51H,8-15,19-20,22H2,1H3,(H,44,54)(H,56,57)(H,59,60)(H,46,53,58)/p-1/t31-,34-,35?,37-/m1/s1. The van der Waals surface area contributed by atoms with Gasteiger partial charge in [0.15, 0.2) is 5.43 Å². The number of phosphoric ester groups is 1. The Morgan fingerprint density at radius 3 is 2.49 bits per heavy atom. The molecule has 7 rings (SSSR count). The average molecular weight is 983 g/mol. The molecule has 2 saturated heterocycles. The van der Waals surface area contributed by atoms with Crippen molar-refractivity contribution < 1.29 is 71.6 Å². The van der Waals surface area contributed by atoms with Gasteiger partial charge < -0.3 is 53.2 Å². The van der Waals surface area contributed by atoms with E-state index in [1.54, 1.807) is 6.07 Å². The molecule has 5 atom stereocenters. The summed E-state index contributed by atoms with van der Waals surface area (Å²) in [5.74, 6) is -2.70. The van der Waals surface area contributed by atoms with E-state index in [0.29, 0.717) is 16.5 Å². The number of aromatic hydroxyl groups is 1. The number of phenols is 1. The van der Waals surface area contributed by atoms with E-state index in [0.717, 1.165) is 21.3 Å². The molecule has 6 N–H and O–H groups in total. The Balaban J connectivity index is 0.775. The number of aliphatic hydroxyl groups is 1. The maximum absolute atomic E-state index is 13.2. The number of aryl methyl sites for hydroxylation is 1. The molecule has 0 radical (unpaired) electrons. The third-order valence-corrected chi connectivity index (χ3v) is 12.8. The second-order valence-electron chi connectivity index (χ2n) is 15.4. The lowest BCUT2D eigenvalue weighted by atomic mass is 9.89. The van der Waals surface area contributed by atoms with Gasteiger partial charge in [-0.1, -0.05) is 0 Å². The lowest BCUT2D eigenvalue weighted by molar-refractivity contribution is -0.228. The van der Waals surface area contributed by atoms with Crippen LogP contribution in [0.4, 0.5) is 0 Å². The van der Waals surface area contributed by atoms with Gasteiger partial charge in [0.1, 0.15) is 29.4 Å². The summed E-state index contributed by atoms with van der Waals surface area (Å²) in [6, 6.07) is 12.5. The number of carboxylic acids is 1. The molecular formula is C43H45N5O18PS-. The quantitative estimate of drug-likeness (QED) is 0.0245. The van der Waals surface area contributed by atoms with E-state index in [9.17, 15) is 58.3 Å². The molecule has 23 nitrogen and oxygen atoms in total. The minimum atomic E-state index is -4.88. The van der Waals surface area contributed by atoms with Crippen LogP contribution in [0.15, 0.2) is 79.6 Å². The van der Waals surface area contributed by atoms with Gasteiger partial charge in [0.2, 0.25) is 5.91 Å². The largest absolute Gasteiger partial charge is 0.756 e. The van der Waals surface area contributed by atoms with Gasteiger partial charge in [-0.05, 0) is 55.0 Å². The van der Waals surface area contributed by atoms with Crippen LogP contribution in [-0.4, -0.2) is 130 Å². The highest BCUT2D eigenvalue weighted by Crippen LogP contribution is 2.43. The molecular weight excluding hydrogens is 938 g/mol. The summed E-state index contributed by atoms with van der Waals surface area (Å²) in [6.07, 6.45) is -2.21. The van der Waals surface area contributed by atoms with Crippen molar-refractivity contribution in [3.8, 4) is 28.2 Å². The highest BCUT2D eigenvalue weighted by molar-refractivity contribution is 8.00. The fraction of sp³-hybridized carbons (Fsp3) is 0.372. The Morgan fingerprint density at radius 2 is 1.72 bits per heavy atom. The van der Waals surface area contributed by atoms with Crippen LogP contribution in [0.5, 0.6) is 5.75 Å². The maximum Gasteiger partial charge on any atom is 0.336 e. The number of carboxylic acid groups (broad SMARTS) is 1.